The number of hydrogen-bond acceptors (Lipinski definition) is 3. The summed E-state index contributed by atoms with van der Waals surface area (Å²) in [5, 5.41) is 14.8. The highest BCUT2D eigenvalue weighted by Crippen LogP contribution is 2.05. The molecule has 0 radical (unpaired) electrons. The minimum absolute atomic E-state index is 0.190. The molecular weight excluding hydrogens is 224 g/mol. The van der Waals surface area contributed by atoms with E-state index in [4.69, 9.17) is 11.5 Å². The number of anilines is 1. The first-order chi connectivity index (χ1) is 8.02. The second kappa shape index (κ2) is 5.55. The van der Waals surface area contributed by atoms with Gasteiger partial charge in [-0.15, -0.1) is 6.42 Å². The highest BCUT2D eigenvalue weighted by atomic mass is 16.4. The first-order valence-corrected chi connectivity index (χ1v) is 4.72. The van der Waals surface area contributed by atoms with E-state index in [1.165, 1.54) is 22.0 Å². The van der Waals surface area contributed by atoms with Crippen LogP contribution in [0, 0.1) is 12.3 Å². The van der Waals surface area contributed by atoms with Crippen molar-refractivity contribution in [2.75, 3.05) is 18.9 Å². The van der Waals surface area contributed by atoms with Gasteiger partial charge >= 0.3 is 12.0 Å². The number of nitrogens with zero attached hydrogens (tertiary/aromatic N) is 3. The predicted octanol–water partition coefficient (Wildman–Crippen LogP) is 0.0646. The van der Waals surface area contributed by atoms with Crippen LogP contribution in [0.15, 0.2) is 12.4 Å². The van der Waals surface area contributed by atoms with Gasteiger partial charge in [-0.1, -0.05) is 5.92 Å². The third kappa shape index (κ3) is 3.87. The van der Waals surface area contributed by atoms with Gasteiger partial charge in [-0.3, -0.25) is 9.48 Å². The molecule has 1 aromatic heterocycles. The highest BCUT2D eigenvalue weighted by molar-refractivity contribution is 5.89. The van der Waals surface area contributed by atoms with Crippen molar-refractivity contribution < 1.29 is 14.7 Å². The fourth-order valence-electron chi connectivity index (χ4n) is 1.08. The van der Waals surface area contributed by atoms with Crippen LogP contribution in [0.3, 0.4) is 0 Å². The zero-order chi connectivity index (χ0) is 12.8. The van der Waals surface area contributed by atoms with Gasteiger partial charge in [-0.05, 0) is 0 Å². The fraction of sp³-hybridized carbons (Fsp3) is 0.300. The maximum absolute atomic E-state index is 11.5. The van der Waals surface area contributed by atoms with Crippen molar-refractivity contribution in [3.63, 3.8) is 0 Å². The lowest BCUT2D eigenvalue weighted by molar-refractivity contribution is -0.137. The number of aromatic nitrogens is 2. The first kappa shape index (κ1) is 12.6. The molecule has 7 heteroatoms. The van der Waals surface area contributed by atoms with Crippen LogP contribution in [-0.4, -0.2) is 45.4 Å². The monoisotopic (exact) mass is 236 g/mol. The Labute approximate surface area is 98.0 Å². The first-order valence-electron chi connectivity index (χ1n) is 4.72. The summed E-state index contributed by atoms with van der Waals surface area (Å²) >= 11 is 0. The van der Waals surface area contributed by atoms with Crippen molar-refractivity contribution in [3.05, 3.63) is 12.4 Å². The molecule has 0 spiro atoms. The Bertz CT molecular complexity index is 460. The van der Waals surface area contributed by atoms with E-state index >= 15 is 0 Å². The van der Waals surface area contributed by atoms with E-state index in [2.05, 4.69) is 16.3 Å². The van der Waals surface area contributed by atoms with Crippen LogP contribution >= 0.6 is 0 Å². The Morgan fingerprint density at radius 1 is 1.71 bits per heavy atom. The van der Waals surface area contributed by atoms with E-state index in [9.17, 15) is 9.59 Å². The van der Waals surface area contributed by atoms with Crippen molar-refractivity contribution in [3.8, 4) is 12.3 Å². The standard InChI is InChI=1S/C10H12N4O3/c1-3-4-13(2)10(17)12-8-5-11-14(6-8)7-9(15)16/h1,5-6H,4,7H2,2H3,(H,12,17)(H,15,16). The second-order valence-corrected chi connectivity index (χ2v) is 3.31. The summed E-state index contributed by atoms with van der Waals surface area (Å²) in [4.78, 5) is 23.2. The number of hydrogen-bond donors (Lipinski definition) is 2. The molecule has 1 heterocycles. The van der Waals surface area contributed by atoms with Gasteiger partial charge in [0.25, 0.3) is 0 Å². The summed E-state index contributed by atoms with van der Waals surface area (Å²) in [6.45, 7) is -0.0643. The smallest absolute Gasteiger partial charge is 0.325 e. The largest absolute Gasteiger partial charge is 0.480 e. The number of carbonyl (C=O) groups is 2. The Morgan fingerprint density at radius 2 is 2.41 bits per heavy atom. The molecule has 2 amide bonds. The van der Waals surface area contributed by atoms with Crippen LogP contribution in [0.25, 0.3) is 0 Å². The Balaban J connectivity index is 2.57. The maximum atomic E-state index is 11.5. The SMILES string of the molecule is C#CCN(C)C(=O)Nc1cnn(CC(=O)O)c1. The maximum Gasteiger partial charge on any atom is 0.325 e. The molecule has 0 aliphatic carbocycles. The van der Waals surface area contributed by atoms with Crippen LogP contribution in [0.4, 0.5) is 10.5 Å². The quantitative estimate of drug-likeness (QED) is 0.724. The molecule has 0 fully saturated rings. The van der Waals surface area contributed by atoms with E-state index in [1.54, 1.807) is 7.05 Å². The molecule has 0 unspecified atom stereocenters. The van der Waals surface area contributed by atoms with Gasteiger partial charge in [0, 0.05) is 13.2 Å². The van der Waals surface area contributed by atoms with Crippen LogP contribution in [-0.2, 0) is 11.3 Å². The number of aliphatic carboxylic acids is 1. The number of amides is 2. The number of carbonyl (C=O) groups excluding carboxylic acids is 1. The summed E-state index contributed by atoms with van der Waals surface area (Å²) in [5.74, 6) is 1.33. The van der Waals surface area contributed by atoms with Gasteiger partial charge in [0.05, 0.1) is 18.4 Å². The van der Waals surface area contributed by atoms with Crippen molar-refractivity contribution in [2.24, 2.45) is 0 Å². The third-order valence-corrected chi connectivity index (χ3v) is 1.86. The molecular formula is C10H12N4O3. The average molecular weight is 236 g/mol. The van der Waals surface area contributed by atoms with Gasteiger partial charge in [-0.2, -0.15) is 5.10 Å². The van der Waals surface area contributed by atoms with Gasteiger partial charge in [0.1, 0.15) is 6.54 Å². The Hall–Kier alpha value is -2.49. The zero-order valence-corrected chi connectivity index (χ0v) is 9.25. The zero-order valence-electron chi connectivity index (χ0n) is 9.25. The molecule has 0 aliphatic rings. The van der Waals surface area contributed by atoms with E-state index in [0.29, 0.717) is 5.69 Å². The third-order valence-electron chi connectivity index (χ3n) is 1.86. The van der Waals surface area contributed by atoms with Crippen molar-refractivity contribution in [1.29, 1.82) is 0 Å². The van der Waals surface area contributed by atoms with Crippen molar-refractivity contribution in [2.45, 2.75) is 6.54 Å². The van der Waals surface area contributed by atoms with Crippen molar-refractivity contribution >= 4 is 17.7 Å². The molecule has 0 bridgehead atoms. The summed E-state index contributed by atoms with van der Waals surface area (Å²) in [7, 11) is 1.55. The van der Waals surface area contributed by atoms with E-state index in [1.807, 2.05) is 0 Å². The van der Waals surface area contributed by atoms with E-state index in [0.717, 1.165) is 0 Å². The van der Waals surface area contributed by atoms with Gasteiger partial charge in [-0.25, -0.2) is 4.79 Å². The summed E-state index contributed by atoms with van der Waals surface area (Å²) in [6.07, 6.45) is 7.86. The lowest BCUT2D eigenvalue weighted by atomic mass is 10.5. The van der Waals surface area contributed by atoms with Crippen LogP contribution in [0.1, 0.15) is 0 Å². The normalized spacial score (nSPS) is 9.41. The molecule has 0 aliphatic heterocycles. The molecule has 0 aromatic carbocycles. The number of carboxylic acid groups (broad SMARTS) is 1. The number of carboxylic acids is 1. The lowest BCUT2D eigenvalue weighted by Crippen LogP contribution is -2.31. The molecule has 17 heavy (non-hydrogen) atoms. The highest BCUT2D eigenvalue weighted by Gasteiger charge is 2.09. The van der Waals surface area contributed by atoms with Gasteiger partial charge in [0.2, 0.25) is 0 Å². The predicted molar refractivity (Wildman–Crippen MR) is 60.3 cm³/mol. The number of terminal acetylenes is 1. The summed E-state index contributed by atoms with van der Waals surface area (Å²) in [6, 6.07) is -0.377. The summed E-state index contributed by atoms with van der Waals surface area (Å²) in [5.41, 5.74) is 0.417. The van der Waals surface area contributed by atoms with E-state index in [-0.39, 0.29) is 19.1 Å². The summed E-state index contributed by atoms with van der Waals surface area (Å²) < 4.78 is 1.21. The lowest BCUT2D eigenvalue weighted by Gasteiger charge is -2.13. The van der Waals surface area contributed by atoms with Crippen LogP contribution in [0.2, 0.25) is 0 Å². The molecule has 1 rings (SSSR count). The fourth-order valence-corrected chi connectivity index (χ4v) is 1.08. The number of rotatable bonds is 4. The van der Waals surface area contributed by atoms with Crippen LogP contribution < -0.4 is 5.32 Å². The number of nitrogens with one attached hydrogen (secondary N) is 1. The molecule has 0 saturated heterocycles. The van der Waals surface area contributed by atoms with E-state index < -0.39 is 5.97 Å². The molecule has 0 atom stereocenters. The average Bonchev–Trinajstić information content (AvgIpc) is 2.64. The minimum atomic E-state index is -1.00. The molecule has 2 N–H and O–H groups in total. The Morgan fingerprint density at radius 3 is 3.00 bits per heavy atom. The Kier molecular flexibility index (Phi) is 4.11. The molecule has 90 valence electrons. The van der Waals surface area contributed by atoms with Gasteiger partial charge in [0.15, 0.2) is 0 Å². The minimum Gasteiger partial charge on any atom is -0.480 e. The number of urea groups is 1. The van der Waals surface area contributed by atoms with Crippen LogP contribution in [0.5, 0.6) is 0 Å². The molecule has 0 saturated carbocycles. The second-order valence-electron chi connectivity index (χ2n) is 3.31. The molecule has 1 aromatic rings. The van der Waals surface area contributed by atoms with Gasteiger partial charge < -0.3 is 15.3 Å². The molecule has 7 nitrogen and oxygen atoms in total. The topological polar surface area (TPSA) is 87.5 Å². The van der Waals surface area contributed by atoms with Crippen molar-refractivity contribution in [1.82, 2.24) is 14.7 Å².